The maximum absolute atomic E-state index is 11.1. The maximum atomic E-state index is 11.1. The summed E-state index contributed by atoms with van der Waals surface area (Å²) in [5.41, 5.74) is -1.52. The van der Waals surface area contributed by atoms with Gasteiger partial charge in [-0.1, -0.05) is 6.92 Å². The number of aromatic nitrogens is 1. The molecule has 0 spiro atoms. The van der Waals surface area contributed by atoms with Gasteiger partial charge in [0, 0.05) is 12.3 Å². The molecule has 92 valence electrons. The van der Waals surface area contributed by atoms with Crippen LogP contribution in [0.5, 0.6) is 0 Å². The fraction of sp³-hybridized carbons (Fsp3) is 0.400. The second kappa shape index (κ2) is 4.77. The third-order valence-electron chi connectivity index (χ3n) is 2.56. The van der Waals surface area contributed by atoms with Gasteiger partial charge in [0.15, 0.2) is 0 Å². The number of carboxylic acid groups (broad SMARTS) is 1. The summed E-state index contributed by atoms with van der Waals surface area (Å²) in [7, 11) is 0. The molecular weight excluding hydrogens is 226 g/mol. The molecule has 1 atom stereocenters. The number of pyridine rings is 1. The Kier molecular flexibility index (Phi) is 3.62. The average molecular weight is 239 g/mol. The van der Waals surface area contributed by atoms with Crippen molar-refractivity contribution in [1.29, 1.82) is 0 Å². The van der Waals surface area contributed by atoms with Crippen LogP contribution in [-0.4, -0.2) is 26.5 Å². The van der Waals surface area contributed by atoms with Crippen LogP contribution in [0.4, 0.5) is 11.5 Å². The number of hydrogen-bond acceptors (Lipinski definition) is 5. The number of nitro groups is 1. The lowest BCUT2D eigenvalue weighted by Gasteiger charge is -2.24. The van der Waals surface area contributed by atoms with Crippen molar-refractivity contribution in [3.8, 4) is 0 Å². The first-order chi connectivity index (χ1) is 7.90. The van der Waals surface area contributed by atoms with Gasteiger partial charge >= 0.3 is 11.7 Å². The van der Waals surface area contributed by atoms with E-state index in [-0.39, 0.29) is 17.9 Å². The summed E-state index contributed by atoms with van der Waals surface area (Å²) < 4.78 is 0. The van der Waals surface area contributed by atoms with Crippen molar-refractivity contribution in [3.63, 3.8) is 0 Å². The summed E-state index contributed by atoms with van der Waals surface area (Å²) in [5.74, 6) is -1.12. The molecule has 17 heavy (non-hydrogen) atoms. The predicted octanol–water partition coefficient (Wildman–Crippen LogP) is 1.65. The van der Waals surface area contributed by atoms with Crippen molar-refractivity contribution in [2.24, 2.45) is 0 Å². The summed E-state index contributed by atoms with van der Waals surface area (Å²) >= 11 is 0. The van der Waals surface area contributed by atoms with E-state index in [2.05, 4.69) is 10.3 Å². The highest BCUT2D eigenvalue weighted by molar-refractivity contribution is 5.82. The number of nitrogens with one attached hydrogen (secondary N) is 1. The predicted molar refractivity (Wildman–Crippen MR) is 60.8 cm³/mol. The van der Waals surface area contributed by atoms with Crippen molar-refractivity contribution < 1.29 is 14.8 Å². The van der Waals surface area contributed by atoms with Gasteiger partial charge in [-0.15, -0.1) is 0 Å². The van der Waals surface area contributed by atoms with Gasteiger partial charge in [-0.3, -0.25) is 10.1 Å². The Balaban J connectivity index is 3.10. The molecule has 0 fully saturated rings. The van der Waals surface area contributed by atoms with E-state index in [0.717, 1.165) is 0 Å². The SMILES string of the molecule is CCC(C)(Nc1ncccc1[N+](=O)[O-])C(=O)O. The van der Waals surface area contributed by atoms with Crippen LogP contribution in [0.1, 0.15) is 20.3 Å². The lowest BCUT2D eigenvalue weighted by molar-refractivity contribution is -0.384. The van der Waals surface area contributed by atoms with Gasteiger partial charge in [-0.25, -0.2) is 9.78 Å². The van der Waals surface area contributed by atoms with Crippen LogP contribution in [-0.2, 0) is 4.79 Å². The van der Waals surface area contributed by atoms with Crippen LogP contribution in [0, 0.1) is 10.1 Å². The molecule has 1 aromatic rings. The molecule has 1 heterocycles. The molecule has 7 heteroatoms. The highest BCUT2D eigenvalue weighted by atomic mass is 16.6. The Labute approximate surface area is 97.6 Å². The molecule has 0 aliphatic carbocycles. The molecule has 1 aromatic heterocycles. The number of aliphatic carboxylic acids is 1. The summed E-state index contributed by atoms with van der Waals surface area (Å²) in [6.07, 6.45) is 1.64. The van der Waals surface area contributed by atoms with Crippen molar-refractivity contribution in [3.05, 3.63) is 28.4 Å². The number of anilines is 1. The molecule has 0 radical (unpaired) electrons. The van der Waals surface area contributed by atoms with E-state index < -0.39 is 16.4 Å². The Bertz CT molecular complexity index is 449. The number of rotatable bonds is 5. The zero-order valence-corrected chi connectivity index (χ0v) is 9.51. The minimum atomic E-state index is -1.28. The van der Waals surface area contributed by atoms with Crippen molar-refractivity contribution in [1.82, 2.24) is 4.98 Å². The van der Waals surface area contributed by atoms with Gasteiger partial charge in [0.2, 0.25) is 5.82 Å². The van der Waals surface area contributed by atoms with Crippen LogP contribution >= 0.6 is 0 Å². The van der Waals surface area contributed by atoms with E-state index in [1.54, 1.807) is 6.92 Å². The molecule has 0 saturated heterocycles. The molecule has 0 amide bonds. The smallest absolute Gasteiger partial charge is 0.329 e. The average Bonchev–Trinajstić information content (AvgIpc) is 2.29. The summed E-state index contributed by atoms with van der Waals surface area (Å²) in [6.45, 7) is 3.13. The lowest BCUT2D eigenvalue weighted by atomic mass is 9.99. The molecule has 0 aliphatic rings. The van der Waals surface area contributed by atoms with Crippen molar-refractivity contribution in [2.45, 2.75) is 25.8 Å². The first kappa shape index (κ1) is 12.9. The van der Waals surface area contributed by atoms with E-state index in [0.29, 0.717) is 0 Å². The first-order valence-corrected chi connectivity index (χ1v) is 5.01. The third kappa shape index (κ3) is 2.68. The van der Waals surface area contributed by atoms with Crippen molar-refractivity contribution in [2.75, 3.05) is 5.32 Å². The zero-order valence-electron chi connectivity index (χ0n) is 9.51. The molecule has 1 rings (SSSR count). The summed E-state index contributed by atoms with van der Waals surface area (Å²) in [6, 6.07) is 2.70. The molecule has 2 N–H and O–H groups in total. The summed E-state index contributed by atoms with van der Waals surface area (Å²) in [5, 5.41) is 22.4. The number of nitrogens with zero attached hydrogens (tertiary/aromatic N) is 2. The number of carboxylic acids is 1. The van der Waals surface area contributed by atoms with E-state index in [1.807, 2.05) is 0 Å². The highest BCUT2D eigenvalue weighted by Gasteiger charge is 2.33. The molecule has 7 nitrogen and oxygen atoms in total. The Morgan fingerprint density at radius 3 is 2.82 bits per heavy atom. The fourth-order valence-electron chi connectivity index (χ4n) is 1.19. The Morgan fingerprint density at radius 2 is 2.35 bits per heavy atom. The molecule has 0 saturated carbocycles. The monoisotopic (exact) mass is 239 g/mol. The quantitative estimate of drug-likeness (QED) is 0.597. The second-order valence-corrected chi connectivity index (χ2v) is 3.74. The highest BCUT2D eigenvalue weighted by Crippen LogP contribution is 2.25. The molecule has 0 aromatic carbocycles. The van der Waals surface area contributed by atoms with Crippen LogP contribution in [0.2, 0.25) is 0 Å². The Hall–Kier alpha value is -2.18. The first-order valence-electron chi connectivity index (χ1n) is 5.01. The number of carbonyl (C=O) groups is 1. The second-order valence-electron chi connectivity index (χ2n) is 3.74. The normalized spacial score (nSPS) is 13.8. The molecule has 0 aliphatic heterocycles. The topological polar surface area (TPSA) is 105 Å². The Morgan fingerprint density at radius 1 is 1.71 bits per heavy atom. The van der Waals surface area contributed by atoms with Crippen LogP contribution < -0.4 is 5.32 Å². The van der Waals surface area contributed by atoms with Gasteiger partial charge in [-0.05, 0) is 19.4 Å². The van der Waals surface area contributed by atoms with Crippen LogP contribution in [0.15, 0.2) is 18.3 Å². The fourth-order valence-corrected chi connectivity index (χ4v) is 1.19. The minimum Gasteiger partial charge on any atom is -0.480 e. The van der Waals surface area contributed by atoms with Gasteiger partial charge < -0.3 is 10.4 Å². The third-order valence-corrected chi connectivity index (χ3v) is 2.56. The van der Waals surface area contributed by atoms with Crippen molar-refractivity contribution >= 4 is 17.5 Å². The van der Waals surface area contributed by atoms with E-state index >= 15 is 0 Å². The van der Waals surface area contributed by atoms with E-state index in [9.17, 15) is 14.9 Å². The standard InChI is InChI=1S/C10H13N3O4/c1-3-10(2,9(14)15)12-8-7(13(16)17)5-4-6-11-8/h4-6H,3H2,1-2H3,(H,11,12)(H,14,15). The largest absolute Gasteiger partial charge is 0.480 e. The maximum Gasteiger partial charge on any atom is 0.329 e. The molecule has 1 unspecified atom stereocenters. The molecule has 0 bridgehead atoms. The molecular formula is C10H13N3O4. The van der Waals surface area contributed by atoms with Crippen LogP contribution in [0.3, 0.4) is 0 Å². The lowest BCUT2D eigenvalue weighted by Crippen LogP contribution is -2.43. The van der Waals surface area contributed by atoms with Gasteiger partial charge in [0.25, 0.3) is 0 Å². The van der Waals surface area contributed by atoms with Crippen LogP contribution in [0.25, 0.3) is 0 Å². The zero-order chi connectivity index (χ0) is 13.1. The number of hydrogen-bond donors (Lipinski definition) is 2. The van der Waals surface area contributed by atoms with Gasteiger partial charge in [0.1, 0.15) is 5.54 Å². The summed E-state index contributed by atoms with van der Waals surface area (Å²) in [4.78, 5) is 25.0. The van der Waals surface area contributed by atoms with Gasteiger partial charge in [-0.2, -0.15) is 0 Å². The van der Waals surface area contributed by atoms with E-state index in [1.165, 1.54) is 25.3 Å². The minimum absolute atomic E-state index is 0.0377. The van der Waals surface area contributed by atoms with E-state index in [4.69, 9.17) is 5.11 Å². The van der Waals surface area contributed by atoms with Gasteiger partial charge in [0.05, 0.1) is 4.92 Å².